The lowest BCUT2D eigenvalue weighted by Crippen LogP contribution is -2.38. The van der Waals surface area contributed by atoms with Crippen molar-refractivity contribution in [2.75, 3.05) is 5.73 Å². The fourth-order valence-electron chi connectivity index (χ4n) is 2.60. The Kier molecular flexibility index (Phi) is 4.58. The van der Waals surface area contributed by atoms with Gasteiger partial charge in [-0.3, -0.25) is 4.79 Å². The molecule has 1 saturated carbocycles. The molecular weight excluding hydrogens is 283 g/mol. The van der Waals surface area contributed by atoms with Gasteiger partial charge in [0.2, 0.25) is 0 Å². The highest BCUT2D eigenvalue weighted by molar-refractivity contribution is 6.44. The first-order chi connectivity index (χ1) is 8.97. The maximum absolute atomic E-state index is 12.2. The van der Waals surface area contributed by atoms with Crippen molar-refractivity contribution in [2.24, 2.45) is 5.92 Å². The molecule has 19 heavy (non-hydrogen) atoms. The van der Waals surface area contributed by atoms with Crippen LogP contribution in [0.2, 0.25) is 10.0 Å². The van der Waals surface area contributed by atoms with E-state index in [1.807, 2.05) is 0 Å². The van der Waals surface area contributed by atoms with E-state index < -0.39 is 0 Å². The van der Waals surface area contributed by atoms with Crippen LogP contribution in [0.25, 0.3) is 0 Å². The van der Waals surface area contributed by atoms with Crippen LogP contribution in [0.3, 0.4) is 0 Å². The van der Waals surface area contributed by atoms with Crippen LogP contribution in [-0.2, 0) is 0 Å². The smallest absolute Gasteiger partial charge is 0.253 e. The molecule has 0 saturated heterocycles. The van der Waals surface area contributed by atoms with Crippen LogP contribution < -0.4 is 11.1 Å². The number of hydrogen-bond acceptors (Lipinski definition) is 2. The molecule has 1 aliphatic rings. The van der Waals surface area contributed by atoms with E-state index in [1.165, 1.54) is 6.42 Å². The molecule has 2 atom stereocenters. The SMILES string of the molecule is CC1CCCC(NC(=O)c2cc(N)cc(Cl)c2Cl)C1. The first kappa shape index (κ1) is 14.5. The molecule has 1 fully saturated rings. The summed E-state index contributed by atoms with van der Waals surface area (Å²) in [5, 5.41) is 3.59. The molecule has 1 aromatic carbocycles. The van der Waals surface area contributed by atoms with Crippen molar-refractivity contribution in [3.05, 3.63) is 27.7 Å². The molecule has 1 amide bonds. The first-order valence-corrected chi connectivity index (χ1v) is 7.28. The number of nitrogen functional groups attached to an aromatic ring is 1. The summed E-state index contributed by atoms with van der Waals surface area (Å²) in [5.41, 5.74) is 6.49. The van der Waals surface area contributed by atoms with E-state index in [9.17, 15) is 4.79 Å². The minimum atomic E-state index is -0.196. The number of amides is 1. The summed E-state index contributed by atoms with van der Waals surface area (Å²) in [6.45, 7) is 2.21. The minimum absolute atomic E-state index is 0.196. The molecule has 0 heterocycles. The summed E-state index contributed by atoms with van der Waals surface area (Å²) in [6, 6.07) is 3.33. The maximum atomic E-state index is 12.2. The predicted octanol–water partition coefficient (Wildman–Crippen LogP) is 3.88. The van der Waals surface area contributed by atoms with E-state index in [2.05, 4.69) is 12.2 Å². The van der Waals surface area contributed by atoms with Crippen molar-refractivity contribution >= 4 is 34.8 Å². The zero-order valence-corrected chi connectivity index (χ0v) is 12.4. The minimum Gasteiger partial charge on any atom is -0.399 e. The van der Waals surface area contributed by atoms with Gasteiger partial charge in [0.1, 0.15) is 0 Å². The molecule has 3 N–H and O–H groups in total. The van der Waals surface area contributed by atoms with Crippen LogP contribution in [0.5, 0.6) is 0 Å². The van der Waals surface area contributed by atoms with Crippen LogP contribution >= 0.6 is 23.2 Å². The van der Waals surface area contributed by atoms with Gasteiger partial charge in [-0.05, 0) is 30.9 Å². The van der Waals surface area contributed by atoms with Gasteiger partial charge in [0.05, 0.1) is 15.6 Å². The topological polar surface area (TPSA) is 55.1 Å². The fraction of sp³-hybridized carbons (Fsp3) is 0.500. The van der Waals surface area contributed by atoms with Crippen LogP contribution in [-0.4, -0.2) is 11.9 Å². The lowest BCUT2D eigenvalue weighted by molar-refractivity contribution is 0.0921. The molecular formula is C14H18Cl2N2O. The summed E-state index contributed by atoms with van der Waals surface area (Å²) in [6.07, 6.45) is 4.41. The third-order valence-corrected chi connectivity index (χ3v) is 4.37. The molecule has 0 aromatic heterocycles. The van der Waals surface area contributed by atoms with E-state index in [1.54, 1.807) is 12.1 Å². The largest absolute Gasteiger partial charge is 0.399 e. The van der Waals surface area contributed by atoms with Gasteiger partial charge in [0, 0.05) is 11.7 Å². The van der Waals surface area contributed by atoms with Gasteiger partial charge in [0.25, 0.3) is 5.91 Å². The molecule has 2 unspecified atom stereocenters. The maximum Gasteiger partial charge on any atom is 0.253 e. The highest BCUT2D eigenvalue weighted by Crippen LogP contribution is 2.29. The Hall–Kier alpha value is -0.930. The molecule has 0 bridgehead atoms. The van der Waals surface area contributed by atoms with E-state index in [4.69, 9.17) is 28.9 Å². The van der Waals surface area contributed by atoms with Crippen LogP contribution in [0.15, 0.2) is 12.1 Å². The number of carbonyl (C=O) groups is 1. The van der Waals surface area contributed by atoms with E-state index in [0.717, 1.165) is 19.3 Å². The monoisotopic (exact) mass is 300 g/mol. The normalized spacial score (nSPS) is 23.1. The Labute approximate surface area is 123 Å². The number of halogens is 2. The average Bonchev–Trinajstić information content (AvgIpc) is 2.33. The lowest BCUT2D eigenvalue weighted by atomic mass is 9.87. The quantitative estimate of drug-likeness (QED) is 0.814. The van der Waals surface area contributed by atoms with E-state index in [0.29, 0.717) is 22.2 Å². The summed E-state index contributed by atoms with van der Waals surface area (Å²) in [7, 11) is 0. The molecule has 0 aliphatic heterocycles. The Morgan fingerprint density at radius 2 is 2.11 bits per heavy atom. The van der Waals surface area contributed by atoms with E-state index >= 15 is 0 Å². The zero-order valence-electron chi connectivity index (χ0n) is 10.9. The van der Waals surface area contributed by atoms with Crippen molar-refractivity contribution in [3.8, 4) is 0 Å². The number of benzene rings is 1. The number of hydrogen-bond donors (Lipinski definition) is 2. The fourth-order valence-corrected chi connectivity index (χ4v) is 3.03. The molecule has 0 radical (unpaired) electrons. The summed E-state index contributed by atoms with van der Waals surface area (Å²) >= 11 is 12.0. The van der Waals surface area contributed by atoms with Gasteiger partial charge in [-0.1, -0.05) is 43.0 Å². The molecule has 2 rings (SSSR count). The Morgan fingerprint density at radius 3 is 2.79 bits per heavy atom. The Bertz CT molecular complexity index is 491. The molecule has 1 aromatic rings. The van der Waals surface area contributed by atoms with Gasteiger partial charge in [-0.2, -0.15) is 0 Å². The third-order valence-electron chi connectivity index (χ3n) is 3.57. The van der Waals surface area contributed by atoms with Gasteiger partial charge in [0.15, 0.2) is 0 Å². The van der Waals surface area contributed by atoms with Gasteiger partial charge < -0.3 is 11.1 Å². The highest BCUT2D eigenvalue weighted by atomic mass is 35.5. The number of rotatable bonds is 2. The van der Waals surface area contributed by atoms with Crippen molar-refractivity contribution in [1.29, 1.82) is 0 Å². The van der Waals surface area contributed by atoms with Crippen LogP contribution in [0.1, 0.15) is 43.0 Å². The highest BCUT2D eigenvalue weighted by Gasteiger charge is 2.22. The number of carbonyl (C=O) groups excluding carboxylic acids is 1. The predicted molar refractivity (Wildman–Crippen MR) is 79.8 cm³/mol. The molecule has 3 nitrogen and oxygen atoms in total. The summed E-state index contributed by atoms with van der Waals surface area (Å²) in [5.74, 6) is 0.456. The number of nitrogens with two attached hydrogens (primary N) is 1. The molecule has 104 valence electrons. The van der Waals surface area contributed by atoms with Crippen LogP contribution in [0.4, 0.5) is 5.69 Å². The number of nitrogens with one attached hydrogen (secondary N) is 1. The summed E-state index contributed by atoms with van der Waals surface area (Å²) in [4.78, 5) is 12.2. The molecule has 0 spiro atoms. The zero-order chi connectivity index (χ0) is 14.0. The summed E-state index contributed by atoms with van der Waals surface area (Å²) < 4.78 is 0. The third kappa shape index (κ3) is 3.54. The second kappa shape index (κ2) is 6.02. The first-order valence-electron chi connectivity index (χ1n) is 6.52. The second-order valence-electron chi connectivity index (χ2n) is 5.31. The molecule has 1 aliphatic carbocycles. The van der Waals surface area contributed by atoms with Crippen LogP contribution in [0, 0.1) is 5.92 Å². The van der Waals surface area contributed by atoms with Crippen molar-refractivity contribution < 1.29 is 4.79 Å². The van der Waals surface area contributed by atoms with Crippen molar-refractivity contribution in [2.45, 2.75) is 38.6 Å². The Morgan fingerprint density at radius 1 is 1.37 bits per heavy atom. The van der Waals surface area contributed by atoms with Gasteiger partial charge >= 0.3 is 0 Å². The number of anilines is 1. The second-order valence-corrected chi connectivity index (χ2v) is 6.09. The standard InChI is InChI=1S/C14H18Cl2N2O/c1-8-3-2-4-10(5-8)18-14(19)11-6-9(17)7-12(15)13(11)16/h6-8,10H,2-5,17H2,1H3,(H,18,19). The van der Waals surface area contributed by atoms with E-state index in [-0.39, 0.29) is 17.0 Å². The average molecular weight is 301 g/mol. The van der Waals surface area contributed by atoms with Crippen molar-refractivity contribution in [3.63, 3.8) is 0 Å². The molecule has 5 heteroatoms. The van der Waals surface area contributed by atoms with Gasteiger partial charge in [-0.25, -0.2) is 0 Å². The Balaban J connectivity index is 2.11. The van der Waals surface area contributed by atoms with Crippen molar-refractivity contribution in [1.82, 2.24) is 5.32 Å². The van der Waals surface area contributed by atoms with Gasteiger partial charge in [-0.15, -0.1) is 0 Å². The lowest BCUT2D eigenvalue weighted by Gasteiger charge is -2.27.